The minimum Gasteiger partial charge on any atom is -0.285 e. The van der Waals surface area contributed by atoms with Crippen LogP contribution in [0.4, 0.5) is 4.39 Å². The number of aromatic amines is 1. The zero-order valence-corrected chi connectivity index (χ0v) is 14.7. The lowest BCUT2D eigenvalue weighted by atomic mass is 10.0. The van der Waals surface area contributed by atoms with Gasteiger partial charge in [-0.2, -0.15) is 9.61 Å². The number of halogens is 1. The Kier molecular flexibility index (Phi) is 4.44. The minimum absolute atomic E-state index is 0.353. The number of H-pyrrole nitrogens is 1. The molecule has 132 valence electrons. The summed E-state index contributed by atoms with van der Waals surface area (Å²) in [5, 5.41) is 4.82. The molecule has 4 rings (SSSR count). The van der Waals surface area contributed by atoms with E-state index in [2.05, 4.69) is 26.0 Å². The Hall–Kier alpha value is -3.44. The molecule has 0 atom stereocenters. The van der Waals surface area contributed by atoms with Crippen LogP contribution < -0.4 is 5.69 Å². The molecule has 3 heterocycles. The Balaban J connectivity index is 2.03. The van der Waals surface area contributed by atoms with Crippen LogP contribution in [0, 0.1) is 18.2 Å². The van der Waals surface area contributed by atoms with Gasteiger partial charge in [-0.25, -0.2) is 14.2 Å². The lowest BCUT2D eigenvalue weighted by molar-refractivity contribution is 0.628. The van der Waals surface area contributed by atoms with Crippen molar-refractivity contribution in [3.63, 3.8) is 0 Å². The fourth-order valence-electron chi connectivity index (χ4n) is 2.69. The Labute approximate surface area is 157 Å². The van der Waals surface area contributed by atoms with Crippen LogP contribution in [0.15, 0.2) is 58.7 Å². The van der Waals surface area contributed by atoms with Crippen LogP contribution >= 0.6 is 11.8 Å². The number of benzene rings is 1. The van der Waals surface area contributed by atoms with Crippen LogP contribution in [0.5, 0.6) is 0 Å². The van der Waals surface area contributed by atoms with Gasteiger partial charge in [0.1, 0.15) is 11.5 Å². The number of terminal acetylenes is 1. The molecule has 0 aliphatic heterocycles. The fourth-order valence-corrected chi connectivity index (χ4v) is 3.22. The summed E-state index contributed by atoms with van der Waals surface area (Å²) in [7, 11) is 0. The molecule has 1 aromatic carbocycles. The molecular formula is C19H12FN5OS. The van der Waals surface area contributed by atoms with Gasteiger partial charge < -0.3 is 0 Å². The van der Waals surface area contributed by atoms with Crippen LogP contribution in [-0.4, -0.2) is 30.3 Å². The lowest BCUT2D eigenvalue weighted by Gasteiger charge is -2.04. The van der Waals surface area contributed by atoms with Gasteiger partial charge in [-0.3, -0.25) is 9.97 Å². The van der Waals surface area contributed by atoms with E-state index in [9.17, 15) is 9.18 Å². The average molecular weight is 377 g/mol. The van der Waals surface area contributed by atoms with E-state index < -0.39 is 5.69 Å². The molecule has 3 aromatic heterocycles. The molecular weight excluding hydrogens is 365 g/mol. The summed E-state index contributed by atoms with van der Waals surface area (Å²) in [6, 6.07) is 9.58. The SMILES string of the molecule is C#CCSc1nc2c(-c3ccc(F)cc3)c(-c3cccnc3)nn2c(=O)[nH]1. The first kappa shape index (κ1) is 17.0. The summed E-state index contributed by atoms with van der Waals surface area (Å²) >= 11 is 1.24. The maximum atomic E-state index is 13.4. The number of rotatable bonds is 4. The topological polar surface area (TPSA) is 75.9 Å². The van der Waals surface area contributed by atoms with E-state index >= 15 is 0 Å². The van der Waals surface area contributed by atoms with Gasteiger partial charge in [0.15, 0.2) is 10.8 Å². The van der Waals surface area contributed by atoms with Crippen molar-refractivity contribution in [1.82, 2.24) is 24.6 Å². The maximum absolute atomic E-state index is 13.4. The van der Waals surface area contributed by atoms with Gasteiger partial charge in [0.2, 0.25) is 0 Å². The van der Waals surface area contributed by atoms with Gasteiger partial charge >= 0.3 is 5.69 Å². The van der Waals surface area contributed by atoms with Crippen molar-refractivity contribution < 1.29 is 4.39 Å². The standard InChI is InChI=1S/C19H12FN5OS/c1-2-10-27-18-22-17-15(12-5-7-14(20)8-6-12)16(13-4-3-9-21-11-13)24-25(17)19(26)23-18/h1,3-9,11H,10H2,(H,22,23,26). The van der Waals surface area contributed by atoms with E-state index in [1.807, 2.05) is 6.07 Å². The molecule has 4 aromatic rings. The smallest absolute Gasteiger partial charge is 0.285 e. The molecule has 0 aliphatic carbocycles. The largest absolute Gasteiger partial charge is 0.350 e. The number of nitrogens with one attached hydrogen (secondary N) is 1. The first-order valence-electron chi connectivity index (χ1n) is 7.93. The van der Waals surface area contributed by atoms with Gasteiger partial charge in [0.25, 0.3) is 0 Å². The van der Waals surface area contributed by atoms with Gasteiger partial charge in [-0.15, -0.1) is 6.42 Å². The molecule has 0 amide bonds. The van der Waals surface area contributed by atoms with Gasteiger partial charge in [0.05, 0.1) is 11.3 Å². The van der Waals surface area contributed by atoms with Crippen molar-refractivity contribution in [1.29, 1.82) is 0 Å². The third kappa shape index (κ3) is 3.20. The van der Waals surface area contributed by atoms with Crippen molar-refractivity contribution in [3.05, 3.63) is 65.1 Å². The van der Waals surface area contributed by atoms with Crippen molar-refractivity contribution in [3.8, 4) is 34.7 Å². The summed E-state index contributed by atoms with van der Waals surface area (Å²) in [6.45, 7) is 0. The van der Waals surface area contributed by atoms with Crippen LogP contribution in [0.1, 0.15) is 0 Å². The second-order valence-electron chi connectivity index (χ2n) is 5.55. The van der Waals surface area contributed by atoms with Gasteiger partial charge in [-0.1, -0.05) is 29.8 Å². The highest BCUT2D eigenvalue weighted by molar-refractivity contribution is 7.99. The van der Waals surface area contributed by atoms with E-state index in [0.717, 1.165) is 5.56 Å². The molecule has 1 N–H and O–H groups in total. The second-order valence-corrected chi connectivity index (χ2v) is 6.51. The summed E-state index contributed by atoms with van der Waals surface area (Å²) in [5.41, 5.74) is 2.50. The molecule has 0 bridgehead atoms. The van der Waals surface area contributed by atoms with E-state index in [0.29, 0.717) is 33.4 Å². The van der Waals surface area contributed by atoms with Crippen LogP contribution in [-0.2, 0) is 0 Å². The fraction of sp³-hybridized carbons (Fsp3) is 0.0526. The number of nitrogens with zero attached hydrogens (tertiary/aromatic N) is 4. The molecule has 0 saturated carbocycles. The Morgan fingerprint density at radius 1 is 1.22 bits per heavy atom. The number of aromatic nitrogens is 5. The van der Waals surface area contributed by atoms with E-state index in [4.69, 9.17) is 6.42 Å². The predicted molar refractivity (Wildman–Crippen MR) is 102 cm³/mol. The molecule has 8 heteroatoms. The lowest BCUT2D eigenvalue weighted by Crippen LogP contribution is -2.19. The normalized spacial score (nSPS) is 10.8. The average Bonchev–Trinajstić information content (AvgIpc) is 3.08. The summed E-state index contributed by atoms with van der Waals surface area (Å²) in [6.07, 6.45) is 8.59. The van der Waals surface area contributed by atoms with Crippen LogP contribution in [0.25, 0.3) is 28.0 Å². The highest BCUT2D eigenvalue weighted by Gasteiger charge is 2.20. The predicted octanol–water partition coefficient (Wildman–Crippen LogP) is 3.01. The van der Waals surface area contributed by atoms with Crippen LogP contribution in [0.3, 0.4) is 0 Å². The monoisotopic (exact) mass is 377 g/mol. The molecule has 0 aliphatic rings. The Morgan fingerprint density at radius 2 is 2.04 bits per heavy atom. The number of pyridine rings is 1. The van der Waals surface area contributed by atoms with Crippen LogP contribution in [0.2, 0.25) is 0 Å². The molecule has 27 heavy (non-hydrogen) atoms. The first-order valence-corrected chi connectivity index (χ1v) is 8.91. The molecule has 0 radical (unpaired) electrons. The van der Waals surface area contributed by atoms with Crippen molar-refractivity contribution in [2.45, 2.75) is 5.16 Å². The van der Waals surface area contributed by atoms with Gasteiger partial charge in [-0.05, 0) is 29.8 Å². The zero-order valence-electron chi connectivity index (χ0n) is 13.9. The first-order chi connectivity index (χ1) is 13.2. The van der Waals surface area contributed by atoms with Crippen molar-refractivity contribution >= 4 is 17.4 Å². The molecule has 0 saturated heterocycles. The molecule has 0 unspecified atom stereocenters. The third-order valence-corrected chi connectivity index (χ3v) is 4.61. The van der Waals surface area contributed by atoms with E-state index in [1.54, 1.807) is 30.6 Å². The molecule has 0 spiro atoms. The Bertz CT molecular complexity index is 1210. The van der Waals surface area contributed by atoms with Crippen molar-refractivity contribution in [2.24, 2.45) is 0 Å². The summed E-state index contributed by atoms with van der Waals surface area (Å²) in [5.74, 6) is 2.51. The number of thioether (sulfide) groups is 1. The quantitative estimate of drug-likeness (QED) is 0.437. The third-order valence-electron chi connectivity index (χ3n) is 3.83. The second kappa shape index (κ2) is 7.05. The number of hydrogen-bond acceptors (Lipinski definition) is 5. The minimum atomic E-state index is -0.432. The highest BCUT2D eigenvalue weighted by Crippen LogP contribution is 2.34. The number of fused-ring (bicyclic) bond motifs is 1. The Morgan fingerprint density at radius 3 is 2.74 bits per heavy atom. The molecule has 6 nitrogen and oxygen atoms in total. The maximum Gasteiger partial charge on any atom is 0.350 e. The summed E-state index contributed by atoms with van der Waals surface area (Å²) < 4.78 is 14.6. The van der Waals surface area contributed by atoms with Gasteiger partial charge in [0, 0.05) is 18.0 Å². The van der Waals surface area contributed by atoms with E-state index in [1.165, 1.54) is 28.4 Å². The van der Waals surface area contributed by atoms with Crippen molar-refractivity contribution in [2.75, 3.05) is 5.75 Å². The number of hydrogen-bond donors (Lipinski definition) is 1. The highest BCUT2D eigenvalue weighted by atomic mass is 32.2. The van der Waals surface area contributed by atoms with E-state index in [-0.39, 0.29) is 5.82 Å². The zero-order chi connectivity index (χ0) is 18.8. The molecule has 0 fully saturated rings. The summed E-state index contributed by atoms with van der Waals surface area (Å²) in [4.78, 5) is 23.8.